The first-order chi connectivity index (χ1) is 3.06. The summed E-state index contributed by atoms with van der Waals surface area (Å²) < 4.78 is 27.4. The maximum atomic E-state index is 9.74. The van der Waals surface area contributed by atoms with Crippen LogP contribution in [-0.2, 0) is 10.1 Å². The number of hydrogen-bond donors (Lipinski definition) is 2. The van der Waals surface area contributed by atoms with E-state index in [2.05, 4.69) is 12.6 Å². The average molecular weight is 234 g/mol. The first kappa shape index (κ1) is 22.7. The summed E-state index contributed by atoms with van der Waals surface area (Å²) in [4.78, 5) is 0. The van der Waals surface area contributed by atoms with Gasteiger partial charge in [-0.25, -0.2) is 0 Å². The van der Waals surface area contributed by atoms with Gasteiger partial charge in [0.1, 0.15) is 0 Å². The van der Waals surface area contributed by atoms with Gasteiger partial charge < -0.3 is 1.43 Å². The molecule has 0 aromatic heterocycles. The maximum absolute atomic E-state index is 9.74. The van der Waals surface area contributed by atoms with E-state index in [1.54, 1.807) is 0 Å². The predicted octanol–water partition coefficient (Wildman–Crippen LogP) is -2.85. The van der Waals surface area contributed by atoms with Gasteiger partial charge in [-0.05, 0) is 0 Å². The Hall–Kier alpha value is 1.96. The fraction of sp³-hybridized carbons (Fsp3) is 1.00. The summed E-state index contributed by atoms with van der Waals surface area (Å²) in [5.41, 5.74) is 0. The Morgan fingerprint density at radius 2 is 1.70 bits per heavy atom. The molecule has 0 amide bonds. The van der Waals surface area contributed by atoms with Crippen LogP contribution < -0.4 is 29.6 Å². The van der Waals surface area contributed by atoms with Crippen LogP contribution in [0.4, 0.5) is 0 Å². The molecule has 0 bridgehead atoms. The van der Waals surface area contributed by atoms with Crippen LogP contribution >= 0.6 is 39.6 Å². The second-order valence-electron chi connectivity index (χ2n) is 1.01. The second kappa shape index (κ2) is 11.0. The Labute approximate surface area is 104 Å². The van der Waals surface area contributed by atoms with Crippen LogP contribution in [0, 0.1) is 0 Å². The van der Waals surface area contributed by atoms with Gasteiger partial charge in [-0.1, -0.05) is 0 Å². The van der Waals surface area contributed by atoms with E-state index < -0.39 is 10.1 Å². The van der Waals surface area contributed by atoms with E-state index in [4.69, 9.17) is 4.55 Å². The first-order valence-electron chi connectivity index (χ1n) is 1.62. The Bertz CT molecular complexity index is 136. The molecule has 0 rings (SSSR count). The third kappa shape index (κ3) is 22.5. The molecule has 0 saturated carbocycles. The molecule has 0 fully saturated rings. The van der Waals surface area contributed by atoms with Gasteiger partial charge in [-0.15, -0.1) is 0 Å². The van der Waals surface area contributed by atoms with Gasteiger partial charge in [0.05, 0.1) is 5.75 Å². The van der Waals surface area contributed by atoms with E-state index in [-0.39, 0.29) is 69.5 Å². The van der Waals surface area contributed by atoms with Gasteiger partial charge in [-0.2, -0.15) is 48.0 Å². The molecule has 3 nitrogen and oxygen atoms in total. The molecule has 0 unspecified atom stereocenters. The van der Waals surface area contributed by atoms with Crippen molar-refractivity contribution in [1.82, 2.24) is 0 Å². The zero-order valence-corrected chi connectivity index (χ0v) is 11.2. The molecule has 10 heavy (non-hydrogen) atoms. The molecule has 0 aromatic carbocycles. The molecule has 0 aromatic rings. The Morgan fingerprint density at radius 3 is 1.70 bits per heavy atom. The molecular weight excluding hydrogens is 223 g/mol. The number of hydrogen-bond acceptors (Lipinski definition) is 3. The van der Waals surface area contributed by atoms with E-state index in [0.29, 0.717) is 0 Å². The van der Waals surface area contributed by atoms with Crippen molar-refractivity contribution in [3.05, 3.63) is 0 Å². The summed E-state index contributed by atoms with van der Waals surface area (Å²) in [6.45, 7) is 0. The van der Waals surface area contributed by atoms with Crippen molar-refractivity contribution in [1.29, 1.82) is 0 Å². The summed E-state index contributed by atoms with van der Waals surface area (Å²) in [6, 6.07) is 0. The molecule has 0 spiro atoms. The predicted molar refractivity (Wildman–Crippen MR) is 52.1 cm³/mol. The van der Waals surface area contributed by atoms with Crippen molar-refractivity contribution in [2.45, 2.75) is 0 Å². The topological polar surface area (TPSA) is 54.4 Å². The molecule has 0 aliphatic heterocycles. The summed E-state index contributed by atoms with van der Waals surface area (Å²) in [5.74, 6) is -0.102. The van der Waals surface area contributed by atoms with Gasteiger partial charge >= 0.3 is 29.6 Å². The third-order valence-corrected chi connectivity index (χ3v) is 1.60. The average Bonchev–Trinajstić information content (AvgIpc) is 1.30. The quantitative estimate of drug-likeness (QED) is 0.307. The molecule has 0 aliphatic carbocycles. The van der Waals surface area contributed by atoms with Crippen molar-refractivity contribution < 1.29 is 44.0 Å². The largest absolute Gasteiger partial charge is 1.00 e. The van der Waals surface area contributed by atoms with Crippen LogP contribution in [0.1, 0.15) is 1.43 Å². The second-order valence-corrected chi connectivity index (χ2v) is 3.03. The van der Waals surface area contributed by atoms with Crippen LogP contribution in [-0.4, -0.2) is 24.5 Å². The fourth-order valence-corrected chi connectivity index (χ4v) is 1.04. The van der Waals surface area contributed by atoms with Crippen molar-refractivity contribution in [3.8, 4) is 0 Å². The van der Waals surface area contributed by atoms with Crippen LogP contribution in [0.25, 0.3) is 0 Å². The summed E-state index contributed by atoms with van der Waals surface area (Å²) in [6.07, 6.45) is 0. The molecule has 1 N–H and O–H groups in total. The molecule has 8 heteroatoms. The number of thiol groups is 1. The van der Waals surface area contributed by atoms with E-state index in [1.165, 1.54) is 0 Å². The standard InChI is InChI=1S/C2H6O3S2.Na.2H2S.H/c3-7(4,5)2-1-6;;;;/h6H,1-2H2,(H,3,4,5);;2*1H2;/q;+1;;;-1. The minimum atomic E-state index is -3.75. The van der Waals surface area contributed by atoms with Gasteiger partial charge in [0.25, 0.3) is 10.1 Å². The molecule has 0 radical (unpaired) electrons. The van der Waals surface area contributed by atoms with Crippen molar-refractivity contribution in [2.24, 2.45) is 0 Å². The van der Waals surface area contributed by atoms with Gasteiger partial charge in [0.15, 0.2) is 0 Å². The number of rotatable bonds is 2. The molecule has 62 valence electrons. The van der Waals surface area contributed by atoms with Gasteiger partial charge in [-0.3, -0.25) is 4.55 Å². The Kier molecular flexibility index (Phi) is 24.9. The van der Waals surface area contributed by atoms with Crippen molar-refractivity contribution in [3.63, 3.8) is 0 Å². The first-order valence-corrected chi connectivity index (χ1v) is 3.86. The smallest absolute Gasteiger partial charge is 1.00 e. The van der Waals surface area contributed by atoms with Crippen LogP contribution in [0.2, 0.25) is 0 Å². The third-order valence-electron chi connectivity index (χ3n) is 0.349. The molecular formula is C2H11NaO3S4. The molecule has 0 atom stereocenters. The van der Waals surface area contributed by atoms with E-state index in [9.17, 15) is 8.42 Å². The van der Waals surface area contributed by atoms with Gasteiger partial charge in [0, 0.05) is 5.75 Å². The van der Waals surface area contributed by atoms with Gasteiger partial charge in [0.2, 0.25) is 0 Å². The van der Waals surface area contributed by atoms with Crippen molar-refractivity contribution in [2.75, 3.05) is 11.5 Å². The Balaban J connectivity index is -0.0000000300. The normalized spacial score (nSPS) is 8.20. The van der Waals surface area contributed by atoms with Crippen LogP contribution in [0.5, 0.6) is 0 Å². The zero-order chi connectivity index (χ0) is 5.91. The maximum Gasteiger partial charge on any atom is 1.00 e. The molecule has 0 aliphatic rings. The zero-order valence-electron chi connectivity index (χ0n) is 6.53. The summed E-state index contributed by atoms with van der Waals surface area (Å²) in [5, 5.41) is 0. The molecule has 0 saturated heterocycles. The monoisotopic (exact) mass is 234 g/mol. The SMILES string of the molecule is O=S(=O)(O)CCS.S.S.[H-].[Na+]. The minimum Gasteiger partial charge on any atom is -1.00 e. The van der Waals surface area contributed by atoms with Crippen LogP contribution in [0.3, 0.4) is 0 Å². The summed E-state index contributed by atoms with van der Waals surface area (Å²) in [7, 11) is -3.75. The minimum absolute atomic E-state index is 0. The molecule has 0 heterocycles. The van der Waals surface area contributed by atoms with Crippen LogP contribution in [0.15, 0.2) is 0 Å². The van der Waals surface area contributed by atoms with E-state index in [0.717, 1.165) is 0 Å². The van der Waals surface area contributed by atoms with E-state index >= 15 is 0 Å². The fourth-order valence-electron chi connectivity index (χ4n) is 0.115. The van der Waals surface area contributed by atoms with E-state index in [1.807, 2.05) is 0 Å². The summed E-state index contributed by atoms with van der Waals surface area (Å²) >= 11 is 3.57. The van der Waals surface area contributed by atoms with Crippen molar-refractivity contribution >= 4 is 49.7 Å². The Morgan fingerprint density at radius 1 is 1.40 bits per heavy atom.